The highest BCUT2D eigenvalue weighted by Crippen LogP contribution is 2.13. The number of hydrogen-bond donors (Lipinski definition) is 1. The highest BCUT2D eigenvalue weighted by atomic mass is 35.5. The van der Waals surface area contributed by atoms with Gasteiger partial charge < -0.3 is 10.2 Å². The maximum Gasteiger partial charge on any atom is 0.254 e. The van der Waals surface area contributed by atoms with Gasteiger partial charge >= 0.3 is 0 Å². The highest BCUT2D eigenvalue weighted by Gasteiger charge is 2.23. The summed E-state index contributed by atoms with van der Waals surface area (Å²) in [5.74, 6) is 0.139. The first-order valence-corrected chi connectivity index (χ1v) is 5.73. The molecule has 1 aromatic rings. The molecule has 84 valence electrons. The van der Waals surface area contributed by atoms with Gasteiger partial charge in [-0.1, -0.05) is 0 Å². The summed E-state index contributed by atoms with van der Waals surface area (Å²) in [4.78, 5) is 13.7. The number of amides is 1. The summed E-state index contributed by atoms with van der Waals surface area (Å²) < 4.78 is 0. The van der Waals surface area contributed by atoms with Crippen LogP contribution in [0.1, 0.15) is 16.8 Å². The molecule has 1 amide bonds. The van der Waals surface area contributed by atoms with Gasteiger partial charge in [0.05, 0.1) is 5.56 Å². The lowest BCUT2D eigenvalue weighted by Crippen LogP contribution is -2.38. The predicted octanol–water partition coefficient (Wildman–Crippen LogP) is 1.60. The summed E-state index contributed by atoms with van der Waals surface area (Å²) in [6, 6.07) is 2.24. The van der Waals surface area contributed by atoms with Crippen molar-refractivity contribution in [1.29, 1.82) is 0 Å². The van der Waals surface area contributed by atoms with Gasteiger partial charge in [0.2, 0.25) is 0 Å². The number of carbonyl (C=O) groups excluding carboxylic acids is 1. The van der Waals surface area contributed by atoms with E-state index in [1.54, 1.807) is 11.3 Å². The van der Waals surface area contributed by atoms with Crippen molar-refractivity contribution in [3.63, 3.8) is 0 Å². The molecule has 1 aromatic heterocycles. The van der Waals surface area contributed by atoms with E-state index in [4.69, 9.17) is 0 Å². The molecular formula is C10H15ClN2OS. The third kappa shape index (κ3) is 2.71. The molecule has 0 aromatic carbocycles. The first-order chi connectivity index (χ1) is 6.79. The molecule has 3 nitrogen and oxygen atoms in total. The molecule has 1 N–H and O–H groups in total. The van der Waals surface area contributed by atoms with Crippen molar-refractivity contribution < 1.29 is 4.79 Å². The number of halogens is 1. The van der Waals surface area contributed by atoms with Crippen LogP contribution in [-0.2, 0) is 0 Å². The van der Waals surface area contributed by atoms with Crippen LogP contribution in [0.25, 0.3) is 0 Å². The standard InChI is InChI=1S/C10H14N2OS.ClH/c1-12(9-2-4-11-6-9)10(13)8-3-5-14-7-8;/h3,5,7,9,11H,2,4,6H2,1H3;1H. The van der Waals surface area contributed by atoms with E-state index in [1.165, 1.54) is 0 Å². The van der Waals surface area contributed by atoms with E-state index in [2.05, 4.69) is 5.32 Å². The van der Waals surface area contributed by atoms with Crippen LogP contribution < -0.4 is 5.32 Å². The van der Waals surface area contributed by atoms with Crippen molar-refractivity contribution in [2.24, 2.45) is 0 Å². The molecule has 1 saturated heterocycles. The molecule has 2 heterocycles. The van der Waals surface area contributed by atoms with Crippen LogP contribution in [0.2, 0.25) is 0 Å². The molecular weight excluding hydrogens is 232 g/mol. The maximum absolute atomic E-state index is 11.9. The van der Waals surface area contributed by atoms with E-state index in [0.29, 0.717) is 6.04 Å². The Morgan fingerprint density at radius 3 is 3.00 bits per heavy atom. The van der Waals surface area contributed by atoms with E-state index >= 15 is 0 Å². The topological polar surface area (TPSA) is 32.3 Å². The molecule has 1 atom stereocenters. The van der Waals surface area contributed by atoms with Crippen molar-refractivity contribution in [2.45, 2.75) is 12.5 Å². The van der Waals surface area contributed by atoms with Gasteiger partial charge in [-0.05, 0) is 24.4 Å². The lowest BCUT2D eigenvalue weighted by molar-refractivity contribution is 0.0744. The van der Waals surface area contributed by atoms with Gasteiger partial charge in [0.1, 0.15) is 0 Å². The number of nitrogens with one attached hydrogen (secondary N) is 1. The van der Waals surface area contributed by atoms with Gasteiger partial charge in [-0.3, -0.25) is 4.79 Å². The van der Waals surface area contributed by atoms with Gasteiger partial charge in [-0.15, -0.1) is 12.4 Å². The van der Waals surface area contributed by atoms with E-state index in [-0.39, 0.29) is 18.3 Å². The Labute approximate surface area is 99.9 Å². The van der Waals surface area contributed by atoms with Gasteiger partial charge in [0.25, 0.3) is 5.91 Å². The molecule has 0 aliphatic carbocycles. The summed E-state index contributed by atoms with van der Waals surface area (Å²) in [6.07, 6.45) is 1.06. The molecule has 5 heteroatoms. The molecule has 1 aliphatic rings. The molecule has 0 radical (unpaired) electrons. The zero-order valence-electron chi connectivity index (χ0n) is 8.60. The number of carbonyl (C=O) groups is 1. The Balaban J connectivity index is 0.00000112. The average molecular weight is 247 g/mol. The number of hydrogen-bond acceptors (Lipinski definition) is 3. The number of rotatable bonds is 2. The summed E-state index contributed by atoms with van der Waals surface area (Å²) >= 11 is 1.56. The maximum atomic E-state index is 11.9. The second-order valence-electron chi connectivity index (χ2n) is 3.57. The summed E-state index contributed by atoms with van der Waals surface area (Å²) in [5, 5.41) is 7.10. The second kappa shape index (κ2) is 5.49. The molecule has 1 unspecified atom stereocenters. The summed E-state index contributed by atoms with van der Waals surface area (Å²) in [6.45, 7) is 1.94. The number of nitrogens with zero attached hydrogens (tertiary/aromatic N) is 1. The van der Waals surface area contributed by atoms with Gasteiger partial charge in [0, 0.05) is 25.0 Å². The molecule has 1 aliphatic heterocycles. The number of likely N-dealkylation sites (N-methyl/N-ethyl adjacent to an activating group) is 1. The van der Waals surface area contributed by atoms with E-state index < -0.39 is 0 Å². The molecule has 0 bridgehead atoms. The number of thiophene rings is 1. The lowest BCUT2D eigenvalue weighted by atomic mass is 10.2. The Bertz CT molecular complexity index is 309. The normalized spacial score (nSPS) is 19.7. The van der Waals surface area contributed by atoms with Crippen molar-refractivity contribution in [3.05, 3.63) is 22.4 Å². The average Bonchev–Trinajstić information content (AvgIpc) is 2.87. The van der Waals surface area contributed by atoms with E-state index in [1.807, 2.05) is 28.8 Å². The van der Waals surface area contributed by atoms with Crippen LogP contribution >= 0.6 is 23.7 Å². The van der Waals surface area contributed by atoms with Crippen molar-refractivity contribution in [3.8, 4) is 0 Å². The first-order valence-electron chi connectivity index (χ1n) is 4.79. The van der Waals surface area contributed by atoms with Crippen LogP contribution in [0.15, 0.2) is 16.8 Å². The van der Waals surface area contributed by atoms with Crippen molar-refractivity contribution in [1.82, 2.24) is 10.2 Å². The van der Waals surface area contributed by atoms with Crippen LogP contribution in [0.5, 0.6) is 0 Å². The monoisotopic (exact) mass is 246 g/mol. The quantitative estimate of drug-likeness (QED) is 0.860. The third-order valence-electron chi connectivity index (χ3n) is 2.67. The molecule has 0 spiro atoms. The fraction of sp³-hybridized carbons (Fsp3) is 0.500. The zero-order chi connectivity index (χ0) is 9.97. The second-order valence-corrected chi connectivity index (χ2v) is 4.35. The van der Waals surface area contributed by atoms with Crippen molar-refractivity contribution in [2.75, 3.05) is 20.1 Å². The Morgan fingerprint density at radius 1 is 1.67 bits per heavy atom. The minimum Gasteiger partial charge on any atom is -0.337 e. The van der Waals surface area contributed by atoms with Crippen LogP contribution in [-0.4, -0.2) is 37.0 Å². The lowest BCUT2D eigenvalue weighted by Gasteiger charge is -2.23. The van der Waals surface area contributed by atoms with Gasteiger partial charge in [-0.2, -0.15) is 11.3 Å². The minimum absolute atomic E-state index is 0. The van der Waals surface area contributed by atoms with Crippen LogP contribution in [0.3, 0.4) is 0 Å². The minimum atomic E-state index is 0. The van der Waals surface area contributed by atoms with Crippen LogP contribution in [0, 0.1) is 0 Å². The molecule has 1 fully saturated rings. The highest BCUT2D eigenvalue weighted by molar-refractivity contribution is 7.08. The Hall–Kier alpha value is -0.580. The fourth-order valence-corrected chi connectivity index (χ4v) is 2.36. The predicted molar refractivity (Wildman–Crippen MR) is 64.9 cm³/mol. The summed E-state index contributed by atoms with van der Waals surface area (Å²) in [5.41, 5.74) is 0.810. The SMILES string of the molecule is CN(C(=O)c1ccsc1)C1CCNC1.Cl. The van der Waals surface area contributed by atoms with E-state index in [0.717, 1.165) is 25.1 Å². The Kier molecular flexibility index (Phi) is 4.57. The van der Waals surface area contributed by atoms with Crippen molar-refractivity contribution >= 4 is 29.7 Å². The molecule has 2 rings (SSSR count). The Morgan fingerprint density at radius 2 is 2.47 bits per heavy atom. The van der Waals surface area contributed by atoms with E-state index in [9.17, 15) is 4.79 Å². The molecule has 0 saturated carbocycles. The summed E-state index contributed by atoms with van der Waals surface area (Å²) in [7, 11) is 1.89. The molecule has 15 heavy (non-hydrogen) atoms. The largest absolute Gasteiger partial charge is 0.337 e. The fourth-order valence-electron chi connectivity index (χ4n) is 1.73. The van der Waals surface area contributed by atoms with Gasteiger partial charge in [0.15, 0.2) is 0 Å². The van der Waals surface area contributed by atoms with Crippen LogP contribution in [0.4, 0.5) is 0 Å². The third-order valence-corrected chi connectivity index (χ3v) is 3.35. The first kappa shape index (κ1) is 12.5. The zero-order valence-corrected chi connectivity index (χ0v) is 10.2. The van der Waals surface area contributed by atoms with Gasteiger partial charge in [-0.25, -0.2) is 0 Å². The smallest absolute Gasteiger partial charge is 0.254 e.